The molecule has 0 unspecified atom stereocenters. The van der Waals surface area contributed by atoms with Crippen LogP contribution in [0.3, 0.4) is 0 Å². The van der Waals surface area contributed by atoms with Crippen molar-refractivity contribution in [2.24, 2.45) is 0 Å². The average Bonchev–Trinajstić information content (AvgIpc) is 2.64. The third-order valence-corrected chi connectivity index (χ3v) is 4.31. The Hall–Kier alpha value is -3.27. The number of carbonyl (C=O) groups is 1. The van der Waals surface area contributed by atoms with E-state index in [-0.39, 0.29) is 23.0 Å². The summed E-state index contributed by atoms with van der Waals surface area (Å²) in [4.78, 5) is 12.5. The fourth-order valence-corrected chi connectivity index (χ4v) is 2.90. The Morgan fingerprint density at radius 2 is 1.38 bits per heavy atom. The number of aromatic hydroxyl groups is 2. The molecular weight excluding hydrogens is 328 g/mol. The van der Waals surface area contributed by atoms with Crippen LogP contribution in [0.4, 0.5) is 0 Å². The zero-order valence-electron chi connectivity index (χ0n) is 14.2. The molecule has 1 aliphatic carbocycles. The molecule has 132 valence electrons. The van der Waals surface area contributed by atoms with Crippen molar-refractivity contribution < 1.29 is 20.1 Å². The lowest BCUT2D eigenvalue weighted by atomic mass is 9.89. The fraction of sp³-hybridized carbons (Fsp3) is 0.136. The van der Waals surface area contributed by atoms with Crippen molar-refractivity contribution in [2.45, 2.75) is 19.3 Å². The van der Waals surface area contributed by atoms with Crippen LogP contribution in [0.1, 0.15) is 30.4 Å². The predicted octanol–water partition coefficient (Wildman–Crippen LogP) is 4.76. The summed E-state index contributed by atoms with van der Waals surface area (Å²) in [5.74, 6) is 0.187. The van der Waals surface area contributed by atoms with Crippen molar-refractivity contribution in [2.75, 3.05) is 0 Å². The van der Waals surface area contributed by atoms with Gasteiger partial charge in [-0.1, -0.05) is 30.3 Å². The summed E-state index contributed by atoms with van der Waals surface area (Å²) in [6.45, 7) is 0. The summed E-state index contributed by atoms with van der Waals surface area (Å²) in [5, 5.41) is 29.2. The van der Waals surface area contributed by atoms with Crippen molar-refractivity contribution in [1.29, 1.82) is 0 Å². The van der Waals surface area contributed by atoms with Crippen LogP contribution in [-0.4, -0.2) is 21.1 Å². The number of aliphatic hydroxyl groups excluding tert-OH is 1. The molecule has 0 aromatic heterocycles. The molecule has 4 nitrogen and oxygen atoms in total. The minimum Gasteiger partial charge on any atom is -0.508 e. The SMILES string of the molecule is O=C(/C=C/c1ccc(O)cc1)C1=C(O)/C(=C/c2ccc(O)cc2)CCC1. The van der Waals surface area contributed by atoms with Crippen LogP contribution in [0, 0.1) is 0 Å². The van der Waals surface area contributed by atoms with E-state index in [1.165, 1.54) is 6.08 Å². The standard InChI is InChI=1S/C22H20O4/c23-18-9-4-15(5-10-18)8-13-21(25)20-3-1-2-17(22(20)26)14-16-6-11-19(24)12-7-16/h4-14,23-24,26H,1-3H2/b13-8+,17-14+. The quantitative estimate of drug-likeness (QED) is 0.696. The molecule has 2 aromatic rings. The highest BCUT2D eigenvalue weighted by Gasteiger charge is 2.20. The zero-order chi connectivity index (χ0) is 18.5. The van der Waals surface area contributed by atoms with Crippen molar-refractivity contribution in [3.63, 3.8) is 0 Å². The van der Waals surface area contributed by atoms with E-state index in [2.05, 4.69) is 0 Å². The first kappa shape index (κ1) is 17.5. The van der Waals surface area contributed by atoms with Crippen LogP contribution in [0.5, 0.6) is 11.5 Å². The Labute approximate surface area is 152 Å². The van der Waals surface area contributed by atoms with E-state index in [0.29, 0.717) is 18.4 Å². The van der Waals surface area contributed by atoms with Crippen molar-refractivity contribution in [1.82, 2.24) is 0 Å². The molecule has 0 amide bonds. The van der Waals surface area contributed by atoms with E-state index >= 15 is 0 Å². The van der Waals surface area contributed by atoms with Gasteiger partial charge in [-0.05, 0) is 72.4 Å². The Morgan fingerprint density at radius 3 is 2.00 bits per heavy atom. The highest BCUT2D eigenvalue weighted by atomic mass is 16.3. The largest absolute Gasteiger partial charge is 0.508 e. The molecule has 26 heavy (non-hydrogen) atoms. The van der Waals surface area contributed by atoms with Gasteiger partial charge in [0, 0.05) is 5.57 Å². The van der Waals surface area contributed by atoms with Crippen molar-refractivity contribution >= 4 is 17.9 Å². The van der Waals surface area contributed by atoms with Gasteiger partial charge < -0.3 is 15.3 Å². The molecule has 0 fully saturated rings. The number of hydrogen-bond donors (Lipinski definition) is 3. The van der Waals surface area contributed by atoms with E-state index < -0.39 is 0 Å². The van der Waals surface area contributed by atoms with E-state index in [0.717, 1.165) is 23.1 Å². The van der Waals surface area contributed by atoms with Gasteiger partial charge in [-0.3, -0.25) is 4.79 Å². The Morgan fingerprint density at radius 1 is 0.808 bits per heavy atom. The maximum absolute atomic E-state index is 12.5. The first-order valence-electron chi connectivity index (χ1n) is 8.46. The average molecular weight is 348 g/mol. The van der Waals surface area contributed by atoms with Gasteiger partial charge in [-0.2, -0.15) is 0 Å². The first-order chi connectivity index (χ1) is 12.5. The lowest BCUT2D eigenvalue weighted by Crippen LogP contribution is -2.10. The molecule has 0 saturated carbocycles. The maximum atomic E-state index is 12.5. The molecule has 0 aliphatic heterocycles. The van der Waals surface area contributed by atoms with Gasteiger partial charge in [0.2, 0.25) is 0 Å². The van der Waals surface area contributed by atoms with Gasteiger partial charge in [0.05, 0.1) is 0 Å². The lowest BCUT2D eigenvalue weighted by Gasteiger charge is -2.17. The number of hydrogen-bond acceptors (Lipinski definition) is 4. The van der Waals surface area contributed by atoms with Crippen molar-refractivity contribution in [3.8, 4) is 11.5 Å². The number of benzene rings is 2. The second-order valence-corrected chi connectivity index (χ2v) is 6.23. The number of carbonyl (C=O) groups excluding carboxylic acids is 1. The number of allylic oxidation sites excluding steroid dienone is 3. The second kappa shape index (κ2) is 7.74. The molecule has 0 bridgehead atoms. The predicted molar refractivity (Wildman–Crippen MR) is 102 cm³/mol. The van der Waals surface area contributed by atoms with Crippen LogP contribution in [-0.2, 0) is 4.79 Å². The molecule has 0 radical (unpaired) electrons. The van der Waals surface area contributed by atoms with E-state index in [1.807, 2.05) is 6.08 Å². The normalized spacial score (nSPS) is 16.4. The molecule has 0 spiro atoms. The molecule has 3 rings (SSSR count). The number of phenolic OH excluding ortho intramolecular Hbond substituents is 2. The van der Waals surface area contributed by atoms with Crippen LogP contribution in [0.25, 0.3) is 12.2 Å². The monoisotopic (exact) mass is 348 g/mol. The van der Waals surface area contributed by atoms with Gasteiger partial charge in [-0.15, -0.1) is 0 Å². The summed E-state index contributed by atoms with van der Waals surface area (Å²) >= 11 is 0. The maximum Gasteiger partial charge on any atom is 0.185 e. The molecule has 0 heterocycles. The number of phenols is 2. The highest BCUT2D eigenvalue weighted by molar-refractivity contribution is 6.07. The van der Waals surface area contributed by atoms with Gasteiger partial charge in [0.1, 0.15) is 17.3 Å². The number of ketones is 1. The minimum absolute atomic E-state index is 0.0460. The summed E-state index contributed by atoms with van der Waals surface area (Å²) < 4.78 is 0. The van der Waals surface area contributed by atoms with Crippen molar-refractivity contribution in [3.05, 3.63) is 82.6 Å². The number of rotatable bonds is 4. The second-order valence-electron chi connectivity index (χ2n) is 6.23. The molecule has 1 aliphatic rings. The molecule has 4 heteroatoms. The lowest BCUT2D eigenvalue weighted by molar-refractivity contribution is -0.111. The molecule has 0 saturated heterocycles. The van der Waals surface area contributed by atoms with Gasteiger partial charge >= 0.3 is 0 Å². The zero-order valence-corrected chi connectivity index (χ0v) is 14.2. The molecular formula is C22H20O4. The van der Waals surface area contributed by atoms with Gasteiger partial charge in [-0.25, -0.2) is 0 Å². The Kier molecular flexibility index (Phi) is 5.23. The summed E-state index contributed by atoms with van der Waals surface area (Å²) in [5.41, 5.74) is 2.80. The topological polar surface area (TPSA) is 77.8 Å². The third-order valence-electron chi connectivity index (χ3n) is 4.31. The summed E-state index contributed by atoms with van der Waals surface area (Å²) in [6.07, 6.45) is 6.98. The first-order valence-corrected chi connectivity index (χ1v) is 8.46. The highest BCUT2D eigenvalue weighted by Crippen LogP contribution is 2.30. The third kappa shape index (κ3) is 4.22. The molecule has 0 atom stereocenters. The minimum atomic E-state index is -0.216. The molecule has 3 N–H and O–H groups in total. The Bertz CT molecular complexity index is 885. The van der Waals surface area contributed by atoms with Crippen LogP contribution >= 0.6 is 0 Å². The Balaban J connectivity index is 1.82. The smallest absolute Gasteiger partial charge is 0.185 e. The summed E-state index contributed by atoms with van der Waals surface area (Å²) in [6, 6.07) is 13.2. The van der Waals surface area contributed by atoms with Crippen LogP contribution < -0.4 is 0 Å². The van der Waals surface area contributed by atoms with E-state index in [1.54, 1.807) is 54.6 Å². The van der Waals surface area contributed by atoms with E-state index in [9.17, 15) is 20.1 Å². The summed E-state index contributed by atoms with van der Waals surface area (Å²) in [7, 11) is 0. The van der Waals surface area contributed by atoms with Crippen LogP contribution in [0.2, 0.25) is 0 Å². The molecule has 2 aromatic carbocycles. The van der Waals surface area contributed by atoms with Gasteiger partial charge in [0.15, 0.2) is 5.78 Å². The van der Waals surface area contributed by atoms with Gasteiger partial charge in [0.25, 0.3) is 0 Å². The number of aliphatic hydroxyl groups is 1. The fourth-order valence-electron chi connectivity index (χ4n) is 2.90. The van der Waals surface area contributed by atoms with Crippen LogP contribution in [0.15, 0.2) is 71.5 Å². The van der Waals surface area contributed by atoms with E-state index in [4.69, 9.17) is 0 Å².